The van der Waals surface area contributed by atoms with E-state index in [1.807, 2.05) is 0 Å². The molecule has 0 aliphatic rings. The summed E-state index contributed by atoms with van der Waals surface area (Å²) in [5.41, 5.74) is -1.12. The van der Waals surface area contributed by atoms with Crippen molar-refractivity contribution in [2.45, 2.75) is 12.7 Å². The third kappa shape index (κ3) is 3.18. The molecular formula is C9H5F4NO. The summed E-state index contributed by atoms with van der Waals surface area (Å²) in [7, 11) is 0. The van der Waals surface area contributed by atoms with E-state index in [0.717, 1.165) is 12.1 Å². The van der Waals surface area contributed by atoms with Gasteiger partial charge in [-0.1, -0.05) is 0 Å². The maximum Gasteiger partial charge on any atom is 0.416 e. The van der Waals surface area contributed by atoms with Crippen molar-refractivity contribution in [2.24, 2.45) is 4.99 Å². The Kier molecular flexibility index (Phi) is 3.21. The summed E-state index contributed by atoms with van der Waals surface area (Å²) in [6, 6.07) is 2.01. The Hall–Kier alpha value is -1.68. The molecule has 0 unspecified atom stereocenters. The van der Waals surface area contributed by atoms with E-state index in [1.54, 1.807) is 0 Å². The topological polar surface area (TPSA) is 29.4 Å². The average molecular weight is 219 g/mol. The highest BCUT2D eigenvalue weighted by Gasteiger charge is 2.31. The van der Waals surface area contributed by atoms with Gasteiger partial charge in [-0.15, -0.1) is 0 Å². The van der Waals surface area contributed by atoms with Crippen LogP contribution in [-0.2, 0) is 17.5 Å². The Morgan fingerprint density at radius 1 is 1.27 bits per heavy atom. The summed E-state index contributed by atoms with van der Waals surface area (Å²) in [6.45, 7) is -0.315. The van der Waals surface area contributed by atoms with Crippen LogP contribution in [0.25, 0.3) is 0 Å². The first-order valence-electron chi connectivity index (χ1n) is 3.84. The second-order valence-electron chi connectivity index (χ2n) is 2.75. The van der Waals surface area contributed by atoms with Crippen LogP contribution in [0.3, 0.4) is 0 Å². The summed E-state index contributed by atoms with van der Waals surface area (Å²) >= 11 is 0. The minimum atomic E-state index is -4.61. The largest absolute Gasteiger partial charge is 0.416 e. The number of rotatable bonds is 2. The van der Waals surface area contributed by atoms with Gasteiger partial charge in [0.1, 0.15) is 5.82 Å². The van der Waals surface area contributed by atoms with E-state index < -0.39 is 17.6 Å². The maximum atomic E-state index is 12.7. The highest BCUT2D eigenvalue weighted by Crippen LogP contribution is 2.30. The molecule has 0 fully saturated rings. The molecular weight excluding hydrogens is 214 g/mol. The maximum absolute atomic E-state index is 12.7. The van der Waals surface area contributed by atoms with Crippen LogP contribution in [0.2, 0.25) is 0 Å². The van der Waals surface area contributed by atoms with Gasteiger partial charge in [-0.05, 0) is 23.8 Å². The fraction of sp³-hybridized carbons (Fsp3) is 0.222. The van der Waals surface area contributed by atoms with E-state index in [0.29, 0.717) is 6.07 Å². The number of hydrogen-bond acceptors (Lipinski definition) is 2. The average Bonchev–Trinajstić information content (AvgIpc) is 2.12. The van der Waals surface area contributed by atoms with Gasteiger partial charge in [0.2, 0.25) is 6.08 Å². The van der Waals surface area contributed by atoms with Gasteiger partial charge in [0, 0.05) is 0 Å². The molecule has 6 heteroatoms. The summed E-state index contributed by atoms with van der Waals surface area (Å²) in [4.78, 5) is 12.8. The normalized spacial score (nSPS) is 10.9. The van der Waals surface area contributed by atoms with Gasteiger partial charge in [0.05, 0.1) is 12.1 Å². The predicted molar refractivity (Wildman–Crippen MR) is 43.2 cm³/mol. The van der Waals surface area contributed by atoms with Crippen LogP contribution in [-0.4, -0.2) is 6.08 Å². The molecule has 0 saturated heterocycles. The molecule has 1 aromatic rings. The van der Waals surface area contributed by atoms with Crippen molar-refractivity contribution in [1.29, 1.82) is 0 Å². The third-order valence-corrected chi connectivity index (χ3v) is 1.61. The van der Waals surface area contributed by atoms with Crippen LogP contribution in [0.5, 0.6) is 0 Å². The van der Waals surface area contributed by atoms with Crippen molar-refractivity contribution in [3.63, 3.8) is 0 Å². The molecule has 15 heavy (non-hydrogen) atoms. The van der Waals surface area contributed by atoms with E-state index in [-0.39, 0.29) is 12.1 Å². The van der Waals surface area contributed by atoms with Crippen molar-refractivity contribution in [3.8, 4) is 0 Å². The zero-order valence-corrected chi connectivity index (χ0v) is 7.31. The number of isocyanates is 1. The van der Waals surface area contributed by atoms with Crippen LogP contribution < -0.4 is 0 Å². The van der Waals surface area contributed by atoms with Gasteiger partial charge in [-0.25, -0.2) is 14.2 Å². The first-order valence-corrected chi connectivity index (χ1v) is 3.84. The van der Waals surface area contributed by atoms with Crippen LogP contribution >= 0.6 is 0 Å². The highest BCUT2D eigenvalue weighted by atomic mass is 19.4. The smallest absolute Gasteiger partial charge is 0.211 e. The number of benzene rings is 1. The quantitative estimate of drug-likeness (QED) is 0.427. The first-order chi connectivity index (χ1) is 6.93. The molecule has 0 atom stereocenters. The number of alkyl halides is 3. The summed E-state index contributed by atoms with van der Waals surface area (Å²) in [5.74, 6) is -1.01. The molecule has 0 aromatic heterocycles. The summed E-state index contributed by atoms with van der Waals surface area (Å²) in [6.07, 6.45) is -3.44. The molecule has 80 valence electrons. The summed E-state index contributed by atoms with van der Waals surface area (Å²) in [5, 5.41) is 0. The van der Waals surface area contributed by atoms with Crippen molar-refractivity contribution in [2.75, 3.05) is 0 Å². The Labute approximate surface area is 82.2 Å². The van der Waals surface area contributed by atoms with Gasteiger partial charge in [-0.3, -0.25) is 0 Å². The van der Waals surface area contributed by atoms with Crippen molar-refractivity contribution < 1.29 is 22.4 Å². The van der Waals surface area contributed by atoms with Crippen LogP contribution in [0.1, 0.15) is 11.1 Å². The number of aliphatic imine (C=N–C) groups is 1. The van der Waals surface area contributed by atoms with Gasteiger partial charge in [0.25, 0.3) is 0 Å². The Morgan fingerprint density at radius 3 is 2.47 bits per heavy atom. The molecule has 0 N–H and O–H groups in total. The van der Waals surface area contributed by atoms with E-state index >= 15 is 0 Å². The number of hydrogen-bond donors (Lipinski definition) is 0. The Morgan fingerprint density at radius 2 is 1.93 bits per heavy atom. The van der Waals surface area contributed by atoms with Gasteiger partial charge < -0.3 is 0 Å². The predicted octanol–water partition coefficient (Wildman–Crippen LogP) is 2.68. The van der Waals surface area contributed by atoms with E-state index in [2.05, 4.69) is 4.99 Å². The standard InChI is InChI=1S/C9H5F4NO/c10-8-2-6(4-14-5-15)1-7(3-8)9(11,12)13/h1-3H,4H2. The second-order valence-corrected chi connectivity index (χ2v) is 2.75. The first kappa shape index (κ1) is 11.4. The Bertz CT molecular complexity index is 407. The highest BCUT2D eigenvalue weighted by molar-refractivity contribution is 5.34. The molecule has 0 bridgehead atoms. The fourth-order valence-electron chi connectivity index (χ4n) is 1.03. The van der Waals surface area contributed by atoms with Crippen molar-refractivity contribution >= 4 is 6.08 Å². The van der Waals surface area contributed by atoms with Gasteiger partial charge in [0.15, 0.2) is 0 Å². The molecule has 0 aliphatic carbocycles. The number of carbonyl (C=O) groups excluding carboxylic acids is 1. The molecule has 1 rings (SSSR count). The lowest BCUT2D eigenvalue weighted by atomic mass is 10.1. The minimum absolute atomic E-state index is 0.0225. The fourth-order valence-corrected chi connectivity index (χ4v) is 1.03. The van der Waals surface area contributed by atoms with Crippen LogP contribution in [0, 0.1) is 5.82 Å². The molecule has 0 saturated carbocycles. The molecule has 2 nitrogen and oxygen atoms in total. The zero-order chi connectivity index (χ0) is 11.5. The molecule has 0 spiro atoms. The van der Waals surface area contributed by atoms with Gasteiger partial charge in [-0.2, -0.15) is 13.2 Å². The molecule has 0 radical (unpaired) electrons. The third-order valence-electron chi connectivity index (χ3n) is 1.61. The zero-order valence-electron chi connectivity index (χ0n) is 7.31. The van der Waals surface area contributed by atoms with Crippen LogP contribution in [0.15, 0.2) is 23.2 Å². The monoisotopic (exact) mass is 219 g/mol. The van der Waals surface area contributed by atoms with E-state index in [9.17, 15) is 22.4 Å². The SMILES string of the molecule is O=C=NCc1cc(F)cc(C(F)(F)F)c1. The Balaban J connectivity index is 3.10. The lowest BCUT2D eigenvalue weighted by Gasteiger charge is -2.07. The van der Waals surface area contributed by atoms with E-state index in [1.165, 1.54) is 6.08 Å². The van der Waals surface area contributed by atoms with E-state index in [4.69, 9.17) is 0 Å². The number of nitrogens with zero attached hydrogens (tertiary/aromatic N) is 1. The lowest BCUT2D eigenvalue weighted by Crippen LogP contribution is -2.06. The summed E-state index contributed by atoms with van der Waals surface area (Å²) < 4.78 is 49.3. The number of halogens is 4. The molecule has 1 aromatic carbocycles. The van der Waals surface area contributed by atoms with Crippen LogP contribution in [0.4, 0.5) is 17.6 Å². The molecule has 0 heterocycles. The molecule has 0 amide bonds. The second kappa shape index (κ2) is 4.23. The molecule has 0 aliphatic heterocycles. The minimum Gasteiger partial charge on any atom is -0.211 e. The van der Waals surface area contributed by atoms with Gasteiger partial charge >= 0.3 is 6.18 Å². The lowest BCUT2D eigenvalue weighted by molar-refractivity contribution is -0.137. The van der Waals surface area contributed by atoms with Crippen molar-refractivity contribution in [3.05, 3.63) is 35.1 Å². The van der Waals surface area contributed by atoms with Crippen molar-refractivity contribution in [1.82, 2.24) is 0 Å².